The van der Waals surface area contributed by atoms with Crippen molar-refractivity contribution in [3.63, 3.8) is 0 Å². The quantitative estimate of drug-likeness (QED) is 0.381. The van der Waals surface area contributed by atoms with Crippen LogP contribution in [0.25, 0.3) is 0 Å². The molecule has 0 spiro atoms. The van der Waals surface area contributed by atoms with Crippen LogP contribution in [-0.2, 0) is 0 Å². The van der Waals surface area contributed by atoms with Crippen LogP contribution in [0.4, 0.5) is 0 Å². The Labute approximate surface area is 71.7 Å². The summed E-state index contributed by atoms with van der Waals surface area (Å²) in [7, 11) is 0. The van der Waals surface area contributed by atoms with Crippen LogP contribution in [0.3, 0.4) is 0 Å². The van der Waals surface area contributed by atoms with Crippen LogP contribution in [0, 0.1) is 6.92 Å². The Morgan fingerprint density at radius 3 is 2.36 bits per heavy atom. The Kier molecular flexibility index (Phi) is 9.51. The third kappa shape index (κ3) is 9.74. The predicted molar refractivity (Wildman–Crippen MR) is 52.5 cm³/mol. The normalized spacial score (nSPS) is 11.1. The van der Waals surface area contributed by atoms with E-state index in [2.05, 4.69) is 26.0 Å². The largest absolute Gasteiger partial charge is 0.0885 e. The molecule has 0 aliphatic carbocycles. The molecule has 0 saturated heterocycles. The van der Waals surface area contributed by atoms with E-state index >= 15 is 0 Å². The lowest BCUT2D eigenvalue weighted by molar-refractivity contribution is 0.694. The second-order valence-electron chi connectivity index (χ2n) is 2.96. The third-order valence-electron chi connectivity index (χ3n) is 1.74. The average Bonchev–Trinajstić information content (AvgIpc) is 2.03. The van der Waals surface area contributed by atoms with Crippen LogP contribution in [0.1, 0.15) is 51.9 Å². The topological polar surface area (TPSA) is 0 Å². The highest BCUT2D eigenvalue weighted by Gasteiger charge is 1.83. The molecule has 0 aromatic rings. The van der Waals surface area contributed by atoms with E-state index in [-0.39, 0.29) is 0 Å². The number of hydrogen-bond donors (Lipinski definition) is 0. The maximum absolute atomic E-state index is 3.81. The molecule has 0 saturated carbocycles. The molecule has 0 amide bonds. The summed E-state index contributed by atoms with van der Waals surface area (Å²) in [6.45, 7) is 6.03. The van der Waals surface area contributed by atoms with Gasteiger partial charge in [-0.25, -0.2) is 0 Å². The van der Waals surface area contributed by atoms with E-state index in [1.165, 1.54) is 38.5 Å². The van der Waals surface area contributed by atoms with Gasteiger partial charge in [-0.05, 0) is 19.3 Å². The van der Waals surface area contributed by atoms with Gasteiger partial charge in [0, 0.05) is 0 Å². The van der Waals surface area contributed by atoms with Crippen LogP contribution in [0.5, 0.6) is 0 Å². The Balaban J connectivity index is 2.89. The second kappa shape index (κ2) is 9.74. The van der Waals surface area contributed by atoms with Crippen LogP contribution in [-0.4, -0.2) is 0 Å². The van der Waals surface area contributed by atoms with Gasteiger partial charge in [-0.1, -0.05) is 51.7 Å². The first-order valence-electron chi connectivity index (χ1n) is 4.86. The molecule has 65 valence electrons. The Bertz CT molecular complexity index is 82.0. The molecule has 0 aliphatic heterocycles. The summed E-state index contributed by atoms with van der Waals surface area (Å²) < 4.78 is 0. The van der Waals surface area contributed by atoms with Crippen molar-refractivity contribution in [2.45, 2.75) is 51.9 Å². The van der Waals surface area contributed by atoms with E-state index in [1.807, 2.05) is 0 Å². The van der Waals surface area contributed by atoms with E-state index < -0.39 is 0 Å². The van der Waals surface area contributed by atoms with Gasteiger partial charge >= 0.3 is 0 Å². The van der Waals surface area contributed by atoms with Crippen molar-refractivity contribution in [2.24, 2.45) is 0 Å². The molecule has 0 atom stereocenters. The van der Waals surface area contributed by atoms with E-state index in [0.717, 1.165) is 6.42 Å². The van der Waals surface area contributed by atoms with Gasteiger partial charge in [0.15, 0.2) is 0 Å². The first-order chi connectivity index (χ1) is 5.41. The zero-order valence-corrected chi connectivity index (χ0v) is 7.81. The van der Waals surface area contributed by atoms with E-state index in [4.69, 9.17) is 0 Å². The molecule has 0 aliphatic rings. The summed E-state index contributed by atoms with van der Waals surface area (Å²) in [5.74, 6) is 0. The van der Waals surface area contributed by atoms with E-state index in [0.29, 0.717) is 0 Å². The van der Waals surface area contributed by atoms with Crippen molar-refractivity contribution in [1.82, 2.24) is 0 Å². The average molecular weight is 153 g/mol. The van der Waals surface area contributed by atoms with Crippen molar-refractivity contribution in [3.05, 3.63) is 19.1 Å². The molecule has 0 rings (SSSR count). The summed E-state index contributed by atoms with van der Waals surface area (Å²) in [4.78, 5) is 0. The summed E-state index contributed by atoms with van der Waals surface area (Å²) >= 11 is 0. The van der Waals surface area contributed by atoms with Crippen LogP contribution in [0.2, 0.25) is 0 Å². The lowest BCUT2D eigenvalue weighted by atomic mass is 10.1. The maximum atomic E-state index is 3.81. The molecule has 0 aromatic heterocycles. The molecule has 11 heavy (non-hydrogen) atoms. The SMILES string of the molecule is [CH2]CCCCCC=CCCC. The molecular weight excluding hydrogens is 132 g/mol. The van der Waals surface area contributed by atoms with Gasteiger partial charge in [0.1, 0.15) is 0 Å². The fourth-order valence-electron chi connectivity index (χ4n) is 1.02. The Morgan fingerprint density at radius 1 is 1.00 bits per heavy atom. The zero-order chi connectivity index (χ0) is 8.36. The number of unbranched alkanes of at least 4 members (excludes halogenated alkanes) is 5. The predicted octanol–water partition coefficient (Wildman–Crippen LogP) is 4.13. The molecule has 0 heteroatoms. The summed E-state index contributed by atoms with van der Waals surface area (Å²) in [6.07, 6.45) is 13.5. The highest BCUT2D eigenvalue weighted by molar-refractivity contribution is 4.80. The zero-order valence-electron chi connectivity index (χ0n) is 7.81. The van der Waals surface area contributed by atoms with Crippen molar-refractivity contribution in [1.29, 1.82) is 0 Å². The van der Waals surface area contributed by atoms with Crippen molar-refractivity contribution in [2.75, 3.05) is 0 Å². The molecule has 0 nitrogen and oxygen atoms in total. The monoisotopic (exact) mass is 153 g/mol. The van der Waals surface area contributed by atoms with Crippen molar-refractivity contribution >= 4 is 0 Å². The third-order valence-corrected chi connectivity index (χ3v) is 1.74. The first kappa shape index (κ1) is 10.7. The molecule has 1 radical (unpaired) electrons. The van der Waals surface area contributed by atoms with Crippen molar-refractivity contribution < 1.29 is 0 Å². The number of allylic oxidation sites excluding steroid dienone is 2. The van der Waals surface area contributed by atoms with Gasteiger partial charge in [0.2, 0.25) is 0 Å². The fraction of sp³-hybridized carbons (Fsp3) is 0.727. The molecule has 0 aromatic carbocycles. The molecule has 0 bridgehead atoms. The lowest BCUT2D eigenvalue weighted by Gasteiger charge is -1.93. The summed E-state index contributed by atoms with van der Waals surface area (Å²) in [5, 5.41) is 0. The van der Waals surface area contributed by atoms with Gasteiger partial charge in [-0.15, -0.1) is 0 Å². The highest BCUT2D eigenvalue weighted by Crippen LogP contribution is 2.03. The van der Waals surface area contributed by atoms with Crippen LogP contribution < -0.4 is 0 Å². The molecular formula is C11H21. The minimum Gasteiger partial charge on any atom is -0.0885 e. The maximum Gasteiger partial charge on any atom is -0.0351 e. The lowest BCUT2D eigenvalue weighted by Crippen LogP contribution is -1.73. The van der Waals surface area contributed by atoms with E-state index in [1.54, 1.807) is 0 Å². The minimum atomic E-state index is 1.10. The van der Waals surface area contributed by atoms with Crippen LogP contribution >= 0.6 is 0 Å². The second-order valence-corrected chi connectivity index (χ2v) is 2.96. The Morgan fingerprint density at radius 2 is 1.73 bits per heavy atom. The van der Waals surface area contributed by atoms with E-state index in [9.17, 15) is 0 Å². The molecule has 0 unspecified atom stereocenters. The molecule has 0 N–H and O–H groups in total. The van der Waals surface area contributed by atoms with Crippen molar-refractivity contribution in [3.8, 4) is 0 Å². The van der Waals surface area contributed by atoms with Gasteiger partial charge in [-0.3, -0.25) is 0 Å². The summed E-state index contributed by atoms with van der Waals surface area (Å²) in [5.41, 5.74) is 0. The van der Waals surface area contributed by atoms with Gasteiger partial charge in [-0.2, -0.15) is 0 Å². The van der Waals surface area contributed by atoms with Gasteiger partial charge in [0.05, 0.1) is 0 Å². The minimum absolute atomic E-state index is 1.10. The molecule has 0 fully saturated rings. The fourth-order valence-corrected chi connectivity index (χ4v) is 1.02. The number of rotatable bonds is 7. The van der Waals surface area contributed by atoms with Crippen LogP contribution in [0.15, 0.2) is 12.2 Å². The molecule has 0 heterocycles. The smallest absolute Gasteiger partial charge is 0.0351 e. The van der Waals surface area contributed by atoms with Gasteiger partial charge < -0.3 is 0 Å². The Hall–Kier alpha value is -0.260. The standard InChI is InChI=1S/C11H21/c1-3-5-7-9-11-10-8-6-4-2/h8,10H,1,3-7,9,11H2,2H3. The number of hydrogen-bond acceptors (Lipinski definition) is 0. The van der Waals surface area contributed by atoms with Gasteiger partial charge in [0.25, 0.3) is 0 Å². The highest BCUT2D eigenvalue weighted by atomic mass is 13.9. The first-order valence-corrected chi connectivity index (χ1v) is 4.86. The summed E-state index contributed by atoms with van der Waals surface area (Å²) in [6, 6.07) is 0.